The lowest BCUT2D eigenvalue weighted by Gasteiger charge is -2.11. The van der Waals surface area contributed by atoms with Gasteiger partial charge in [0.15, 0.2) is 0 Å². The average Bonchev–Trinajstić information content (AvgIpc) is 2.96. The molecule has 0 saturated heterocycles. The largest absolute Gasteiger partial charge is 0.358 e. The Bertz CT molecular complexity index is 705. The number of benzene rings is 1. The van der Waals surface area contributed by atoms with Gasteiger partial charge in [0.1, 0.15) is 0 Å². The fourth-order valence-corrected chi connectivity index (χ4v) is 3.64. The molecule has 1 heterocycles. The zero-order valence-electron chi connectivity index (χ0n) is 13.8. The predicted molar refractivity (Wildman–Crippen MR) is 96.6 cm³/mol. The van der Waals surface area contributed by atoms with Gasteiger partial charge in [-0.3, -0.25) is 4.79 Å². The van der Waals surface area contributed by atoms with Crippen molar-refractivity contribution in [3.05, 3.63) is 34.5 Å². The molecule has 1 aromatic carbocycles. The molecule has 0 radical (unpaired) electrons. The highest BCUT2D eigenvalue weighted by Crippen LogP contribution is 2.32. The van der Waals surface area contributed by atoms with E-state index in [0.717, 1.165) is 44.2 Å². The maximum Gasteiger partial charge on any atom is 0.251 e. The average molecular weight is 333 g/mol. The standard InChI is InChI=1S/C19H25ClN2O/c1-2-10-21-19(23)14-11-13(6-5-9-20)18-16(12-14)15-7-3-4-8-17(15)22-18/h11-12,22H,2-10H2,1H3,(H,21,23). The lowest BCUT2D eigenvalue weighted by atomic mass is 9.93. The smallest absolute Gasteiger partial charge is 0.251 e. The first-order valence-corrected chi connectivity index (χ1v) is 9.28. The fourth-order valence-electron chi connectivity index (χ4n) is 3.51. The third kappa shape index (κ3) is 3.40. The van der Waals surface area contributed by atoms with Crippen LogP contribution in [0.15, 0.2) is 12.1 Å². The van der Waals surface area contributed by atoms with Crippen molar-refractivity contribution in [3.63, 3.8) is 0 Å². The zero-order chi connectivity index (χ0) is 16.2. The van der Waals surface area contributed by atoms with Crippen LogP contribution in [0.3, 0.4) is 0 Å². The Hall–Kier alpha value is -1.48. The summed E-state index contributed by atoms with van der Waals surface area (Å²) in [5, 5.41) is 4.24. The van der Waals surface area contributed by atoms with Crippen LogP contribution in [0.2, 0.25) is 0 Å². The number of hydrogen-bond acceptors (Lipinski definition) is 1. The maximum absolute atomic E-state index is 12.4. The molecule has 0 bridgehead atoms. The number of aromatic nitrogens is 1. The Morgan fingerprint density at radius 2 is 2.13 bits per heavy atom. The maximum atomic E-state index is 12.4. The van der Waals surface area contributed by atoms with E-state index in [4.69, 9.17) is 11.6 Å². The van der Waals surface area contributed by atoms with Crippen molar-refractivity contribution >= 4 is 28.4 Å². The van der Waals surface area contributed by atoms with E-state index in [2.05, 4.69) is 23.3 Å². The summed E-state index contributed by atoms with van der Waals surface area (Å²) in [6, 6.07) is 4.12. The van der Waals surface area contributed by atoms with Crippen molar-refractivity contribution in [3.8, 4) is 0 Å². The van der Waals surface area contributed by atoms with Crippen molar-refractivity contribution < 1.29 is 4.79 Å². The molecular formula is C19H25ClN2O. The predicted octanol–water partition coefficient (Wildman–Crippen LogP) is 4.36. The summed E-state index contributed by atoms with van der Waals surface area (Å²) in [6.45, 7) is 2.79. The molecule has 1 aliphatic carbocycles. The number of nitrogens with one attached hydrogen (secondary N) is 2. The fraction of sp³-hybridized carbons (Fsp3) is 0.526. The highest BCUT2D eigenvalue weighted by atomic mass is 35.5. The third-order valence-electron chi connectivity index (χ3n) is 4.67. The summed E-state index contributed by atoms with van der Waals surface area (Å²) in [7, 11) is 0. The minimum atomic E-state index is 0.0339. The van der Waals surface area contributed by atoms with Crippen LogP contribution in [0.25, 0.3) is 10.9 Å². The van der Waals surface area contributed by atoms with Crippen molar-refractivity contribution in [1.82, 2.24) is 10.3 Å². The Morgan fingerprint density at radius 1 is 1.30 bits per heavy atom. The molecule has 3 nitrogen and oxygen atoms in total. The molecular weight excluding hydrogens is 308 g/mol. The van der Waals surface area contributed by atoms with Gasteiger partial charge in [0.05, 0.1) is 0 Å². The Balaban J connectivity index is 2.05. The molecule has 0 atom stereocenters. The number of halogens is 1. The highest BCUT2D eigenvalue weighted by molar-refractivity contribution is 6.17. The lowest BCUT2D eigenvalue weighted by molar-refractivity contribution is 0.0953. The Morgan fingerprint density at radius 3 is 2.91 bits per heavy atom. The normalized spacial score (nSPS) is 14.0. The first-order valence-electron chi connectivity index (χ1n) is 8.75. The highest BCUT2D eigenvalue weighted by Gasteiger charge is 2.19. The van der Waals surface area contributed by atoms with Crippen molar-refractivity contribution in [1.29, 1.82) is 0 Å². The van der Waals surface area contributed by atoms with Gasteiger partial charge in [-0.2, -0.15) is 0 Å². The number of hydrogen-bond donors (Lipinski definition) is 2. The summed E-state index contributed by atoms with van der Waals surface area (Å²) in [4.78, 5) is 16.0. The van der Waals surface area contributed by atoms with Gasteiger partial charge in [0.25, 0.3) is 5.91 Å². The van der Waals surface area contributed by atoms with Crippen LogP contribution in [0.5, 0.6) is 0 Å². The van der Waals surface area contributed by atoms with E-state index in [9.17, 15) is 4.79 Å². The van der Waals surface area contributed by atoms with E-state index >= 15 is 0 Å². The van der Waals surface area contributed by atoms with Gasteiger partial charge >= 0.3 is 0 Å². The molecule has 2 N–H and O–H groups in total. The van der Waals surface area contributed by atoms with E-state index in [0.29, 0.717) is 5.88 Å². The van der Waals surface area contributed by atoms with Crippen molar-refractivity contribution in [2.75, 3.05) is 12.4 Å². The van der Waals surface area contributed by atoms with Crippen molar-refractivity contribution in [2.45, 2.75) is 51.9 Å². The molecule has 2 aromatic rings. The number of amides is 1. The van der Waals surface area contributed by atoms with E-state index in [-0.39, 0.29) is 5.91 Å². The minimum Gasteiger partial charge on any atom is -0.358 e. The topological polar surface area (TPSA) is 44.9 Å². The number of H-pyrrole nitrogens is 1. The van der Waals surface area contributed by atoms with Crippen LogP contribution >= 0.6 is 11.6 Å². The summed E-state index contributed by atoms with van der Waals surface area (Å²) < 4.78 is 0. The summed E-state index contributed by atoms with van der Waals surface area (Å²) in [5.41, 5.74) is 6.00. The van der Waals surface area contributed by atoms with Gasteiger partial charge in [0.2, 0.25) is 0 Å². The molecule has 23 heavy (non-hydrogen) atoms. The molecule has 3 rings (SSSR count). The number of rotatable bonds is 6. The molecule has 0 unspecified atom stereocenters. The second-order valence-electron chi connectivity index (χ2n) is 6.40. The van der Waals surface area contributed by atoms with Crippen LogP contribution in [-0.2, 0) is 19.3 Å². The van der Waals surface area contributed by atoms with Gasteiger partial charge in [-0.1, -0.05) is 6.92 Å². The summed E-state index contributed by atoms with van der Waals surface area (Å²) in [5.74, 6) is 0.681. The van der Waals surface area contributed by atoms with Crippen LogP contribution in [-0.4, -0.2) is 23.3 Å². The number of aryl methyl sites for hydroxylation is 3. The van der Waals surface area contributed by atoms with E-state index in [1.54, 1.807) is 0 Å². The summed E-state index contributed by atoms with van der Waals surface area (Å²) in [6.07, 6.45) is 7.52. The molecule has 1 aromatic heterocycles. The van der Waals surface area contributed by atoms with E-state index in [1.807, 2.05) is 6.07 Å². The van der Waals surface area contributed by atoms with Gasteiger partial charge in [-0.05, 0) is 68.2 Å². The number of carbonyl (C=O) groups excluding carboxylic acids is 1. The van der Waals surface area contributed by atoms with Crippen LogP contribution in [0, 0.1) is 0 Å². The van der Waals surface area contributed by atoms with Gasteiger partial charge in [-0.25, -0.2) is 0 Å². The first-order chi connectivity index (χ1) is 11.2. The number of carbonyl (C=O) groups is 1. The summed E-state index contributed by atoms with van der Waals surface area (Å²) >= 11 is 5.89. The number of fused-ring (bicyclic) bond motifs is 3. The Kier molecular flexibility index (Phi) is 5.27. The second kappa shape index (κ2) is 7.39. The third-order valence-corrected chi connectivity index (χ3v) is 4.93. The van der Waals surface area contributed by atoms with Crippen LogP contribution in [0.1, 0.15) is 59.8 Å². The van der Waals surface area contributed by atoms with E-state index in [1.165, 1.54) is 40.6 Å². The number of alkyl halides is 1. The van der Waals surface area contributed by atoms with Gasteiger partial charge in [-0.15, -0.1) is 11.6 Å². The molecule has 0 aliphatic heterocycles. The monoisotopic (exact) mass is 332 g/mol. The lowest BCUT2D eigenvalue weighted by Crippen LogP contribution is -2.24. The Labute approximate surface area is 142 Å². The minimum absolute atomic E-state index is 0.0339. The zero-order valence-corrected chi connectivity index (χ0v) is 14.6. The molecule has 0 saturated carbocycles. The molecule has 124 valence electrons. The van der Waals surface area contributed by atoms with Gasteiger partial charge in [0, 0.05) is 34.6 Å². The number of aromatic amines is 1. The van der Waals surface area contributed by atoms with Gasteiger partial charge < -0.3 is 10.3 Å². The molecule has 0 fully saturated rings. The first kappa shape index (κ1) is 16.4. The molecule has 0 spiro atoms. The molecule has 4 heteroatoms. The molecule has 1 aliphatic rings. The van der Waals surface area contributed by atoms with Crippen LogP contribution in [0.4, 0.5) is 0 Å². The SMILES string of the molecule is CCCNC(=O)c1cc(CCCCl)c2[nH]c3c(c2c1)CCCC3. The quantitative estimate of drug-likeness (QED) is 0.758. The van der Waals surface area contributed by atoms with Crippen LogP contribution < -0.4 is 5.32 Å². The van der Waals surface area contributed by atoms with Crippen molar-refractivity contribution in [2.24, 2.45) is 0 Å². The molecule has 1 amide bonds. The van der Waals surface area contributed by atoms with E-state index < -0.39 is 0 Å². The second-order valence-corrected chi connectivity index (χ2v) is 6.77.